The molecule has 0 bridgehead atoms. The molecule has 12 heteroatoms. The molecule has 0 aliphatic carbocycles. The number of nitrogens with zero attached hydrogens (tertiary/aromatic N) is 5. The van der Waals surface area contributed by atoms with E-state index in [0.717, 1.165) is 11.4 Å². The van der Waals surface area contributed by atoms with Crippen molar-refractivity contribution in [1.82, 2.24) is 24.4 Å². The predicted molar refractivity (Wildman–Crippen MR) is 98.9 cm³/mol. The number of nitrogens with two attached hydrogens (primary N) is 2. The van der Waals surface area contributed by atoms with Crippen LogP contribution in [0.25, 0.3) is 11.2 Å². The molecule has 0 spiro atoms. The highest BCUT2D eigenvalue weighted by molar-refractivity contribution is 7.88. The fraction of sp³-hybridized carbons (Fsp3) is 0.357. The van der Waals surface area contributed by atoms with Crippen molar-refractivity contribution in [3.8, 4) is 5.88 Å². The Bertz CT molecular complexity index is 1030. The van der Waals surface area contributed by atoms with Gasteiger partial charge in [-0.1, -0.05) is 0 Å². The normalized spacial score (nSPS) is 12.2. The van der Waals surface area contributed by atoms with Crippen molar-refractivity contribution < 1.29 is 13.2 Å². The number of hydrogen-bond acceptors (Lipinski definition) is 9. The maximum Gasteiger partial charge on any atom is 0.247 e. The van der Waals surface area contributed by atoms with Crippen molar-refractivity contribution in [2.24, 2.45) is 5.14 Å². The highest BCUT2D eigenvalue weighted by atomic mass is 32.2. The number of rotatable bonds is 7. The minimum absolute atomic E-state index is 0.0388. The average molecular weight is 397 g/mol. The van der Waals surface area contributed by atoms with Crippen LogP contribution in [0.3, 0.4) is 0 Å². The minimum Gasteiger partial charge on any atom is -0.470 e. The first-order chi connectivity index (χ1) is 12.2. The van der Waals surface area contributed by atoms with E-state index in [9.17, 15) is 8.42 Å². The van der Waals surface area contributed by atoms with E-state index in [1.54, 1.807) is 11.3 Å². The molecule has 0 aromatic carbocycles. The average Bonchev–Trinajstić information content (AvgIpc) is 3.10. The lowest BCUT2D eigenvalue weighted by Crippen LogP contribution is -2.19. The number of ether oxygens (including phenoxy) is 1. The Morgan fingerprint density at radius 2 is 2.12 bits per heavy atom. The van der Waals surface area contributed by atoms with E-state index in [1.165, 1.54) is 16.5 Å². The lowest BCUT2D eigenvalue weighted by atomic mass is 10.3. The van der Waals surface area contributed by atoms with Gasteiger partial charge in [0, 0.05) is 11.4 Å². The summed E-state index contributed by atoms with van der Waals surface area (Å²) in [4.78, 5) is 15.3. The summed E-state index contributed by atoms with van der Waals surface area (Å²) in [6.07, 6.45) is 1.32. The van der Waals surface area contributed by atoms with Crippen LogP contribution in [0.5, 0.6) is 5.88 Å². The van der Waals surface area contributed by atoms with Gasteiger partial charge in [0.05, 0.1) is 6.33 Å². The third-order valence-electron chi connectivity index (χ3n) is 3.33. The molecule has 140 valence electrons. The smallest absolute Gasteiger partial charge is 0.247 e. The van der Waals surface area contributed by atoms with Gasteiger partial charge in [-0.3, -0.25) is 4.57 Å². The molecule has 3 rings (SSSR count). The first kappa shape index (κ1) is 18.5. The number of aromatic nitrogens is 4. The first-order valence-electron chi connectivity index (χ1n) is 7.54. The molecule has 0 saturated heterocycles. The molecule has 0 unspecified atom stereocenters. The Hall–Kier alpha value is -2.28. The van der Waals surface area contributed by atoms with Crippen molar-refractivity contribution >= 4 is 38.5 Å². The second-order valence-electron chi connectivity index (χ2n) is 6.01. The van der Waals surface area contributed by atoms with Gasteiger partial charge in [0.25, 0.3) is 0 Å². The summed E-state index contributed by atoms with van der Waals surface area (Å²) in [5, 5.41) is 7.15. The predicted octanol–water partition coefficient (Wildman–Crippen LogP) is 0.357. The summed E-state index contributed by atoms with van der Waals surface area (Å²) >= 11 is 1.59. The molecule has 0 atom stereocenters. The molecule has 26 heavy (non-hydrogen) atoms. The van der Waals surface area contributed by atoms with Gasteiger partial charge in [0.15, 0.2) is 11.2 Å². The van der Waals surface area contributed by atoms with E-state index in [4.69, 9.17) is 15.6 Å². The molecular weight excluding hydrogens is 378 g/mol. The van der Waals surface area contributed by atoms with Gasteiger partial charge in [0.2, 0.25) is 21.9 Å². The van der Waals surface area contributed by atoms with E-state index in [1.807, 2.05) is 14.1 Å². The van der Waals surface area contributed by atoms with Crippen molar-refractivity contribution in [3.05, 3.63) is 28.2 Å². The monoisotopic (exact) mass is 397 g/mol. The maximum atomic E-state index is 11.3. The quantitative estimate of drug-likeness (QED) is 0.582. The summed E-state index contributed by atoms with van der Waals surface area (Å²) in [5.74, 6) is -0.301. The van der Waals surface area contributed by atoms with Gasteiger partial charge in [-0.05, 0) is 31.1 Å². The number of anilines is 1. The fourth-order valence-corrected chi connectivity index (χ4v) is 3.78. The van der Waals surface area contributed by atoms with Crippen molar-refractivity contribution in [1.29, 1.82) is 0 Å². The van der Waals surface area contributed by atoms with Gasteiger partial charge in [0.1, 0.15) is 12.5 Å². The molecule has 3 aromatic heterocycles. The molecule has 3 aromatic rings. The van der Waals surface area contributed by atoms with Crippen LogP contribution in [0.15, 0.2) is 17.8 Å². The zero-order valence-electron chi connectivity index (χ0n) is 14.3. The van der Waals surface area contributed by atoms with Crippen molar-refractivity contribution in [2.45, 2.75) is 19.0 Å². The number of primary sulfonamides is 1. The molecule has 3 heterocycles. The molecule has 0 saturated carbocycles. The highest BCUT2D eigenvalue weighted by Crippen LogP contribution is 2.24. The van der Waals surface area contributed by atoms with Gasteiger partial charge in [-0.15, -0.1) is 11.3 Å². The van der Waals surface area contributed by atoms with E-state index in [-0.39, 0.29) is 17.5 Å². The van der Waals surface area contributed by atoms with Crippen molar-refractivity contribution in [2.75, 3.05) is 19.8 Å². The van der Waals surface area contributed by atoms with E-state index in [0.29, 0.717) is 12.1 Å². The fourth-order valence-electron chi connectivity index (χ4n) is 2.41. The summed E-state index contributed by atoms with van der Waals surface area (Å²) in [7, 11) is 0.264. The maximum absolute atomic E-state index is 11.3. The van der Waals surface area contributed by atoms with Crippen LogP contribution < -0.4 is 15.6 Å². The Labute approximate surface area is 154 Å². The Balaban J connectivity index is 1.82. The van der Waals surface area contributed by atoms with E-state index >= 15 is 0 Å². The zero-order valence-corrected chi connectivity index (χ0v) is 15.9. The SMILES string of the molecule is CN(C)Cc1csc(COc2nc(N)nc3c2ncn3CS(N)(=O)=O)c1. The van der Waals surface area contributed by atoms with Crippen LogP contribution in [0.1, 0.15) is 10.4 Å². The number of nitrogen functional groups attached to an aromatic ring is 1. The topological polar surface area (TPSA) is 142 Å². The standard InChI is InChI=1S/C14H19N7O3S2/c1-20(2)4-9-3-10(25-6-9)5-24-13-11-12(18-14(15)19-13)21(7-17-11)8-26(16,22)23/h3,6-7H,4-5,8H2,1-2H3,(H2,15,18,19)(H2,16,22,23). The summed E-state index contributed by atoms with van der Waals surface area (Å²) in [6.45, 7) is 1.14. The van der Waals surface area contributed by atoms with Gasteiger partial charge < -0.3 is 15.4 Å². The van der Waals surface area contributed by atoms with Crippen LogP contribution in [-0.4, -0.2) is 46.9 Å². The number of thiophene rings is 1. The molecule has 0 aliphatic heterocycles. The Kier molecular flexibility index (Phi) is 5.09. The lowest BCUT2D eigenvalue weighted by Gasteiger charge is -2.07. The molecule has 0 aliphatic rings. The second kappa shape index (κ2) is 7.15. The molecule has 0 fully saturated rings. The Morgan fingerprint density at radius 3 is 2.81 bits per heavy atom. The van der Waals surface area contributed by atoms with Crippen LogP contribution in [0, 0.1) is 0 Å². The summed E-state index contributed by atoms with van der Waals surface area (Å²) in [5.41, 5.74) is 7.49. The number of fused-ring (bicyclic) bond motifs is 1. The molecular formula is C14H19N7O3S2. The molecule has 0 radical (unpaired) electrons. The Morgan fingerprint density at radius 1 is 1.35 bits per heavy atom. The van der Waals surface area contributed by atoms with Crippen molar-refractivity contribution in [3.63, 3.8) is 0 Å². The molecule has 10 nitrogen and oxygen atoms in total. The van der Waals surface area contributed by atoms with Gasteiger partial charge in [-0.25, -0.2) is 18.5 Å². The second-order valence-corrected chi connectivity index (χ2v) is 8.59. The van der Waals surface area contributed by atoms with Crippen LogP contribution >= 0.6 is 11.3 Å². The first-order valence-corrected chi connectivity index (χ1v) is 10.1. The lowest BCUT2D eigenvalue weighted by molar-refractivity contribution is 0.301. The number of imidazole rings is 1. The van der Waals surface area contributed by atoms with E-state index in [2.05, 4.69) is 31.3 Å². The number of hydrogen-bond donors (Lipinski definition) is 2. The largest absolute Gasteiger partial charge is 0.470 e. The van der Waals surface area contributed by atoms with Gasteiger partial charge in [-0.2, -0.15) is 9.97 Å². The van der Waals surface area contributed by atoms with Gasteiger partial charge >= 0.3 is 0 Å². The third-order valence-corrected chi connectivity index (χ3v) is 4.92. The molecule has 0 amide bonds. The molecule has 4 N–H and O–H groups in total. The minimum atomic E-state index is -3.75. The summed E-state index contributed by atoms with van der Waals surface area (Å²) in [6, 6.07) is 2.06. The van der Waals surface area contributed by atoms with Crippen LogP contribution in [-0.2, 0) is 29.1 Å². The zero-order chi connectivity index (χ0) is 18.9. The highest BCUT2D eigenvalue weighted by Gasteiger charge is 2.16. The number of sulfonamides is 1. The van der Waals surface area contributed by atoms with Crippen LogP contribution in [0.2, 0.25) is 0 Å². The van der Waals surface area contributed by atoms with E-state index < -0.39 is 15.9 Å². The third kappa shape index (κ3) is 4.46. The summed E-state index contributed by atoms with van der Waals surface area (Å²) < 4.78 is 29.7. The van der Waals surface area contributed by atoms with Crippen LogP contribution in [0.4, 0.5) is 5.95 Å².